The van der Waals surface area contributed by atoms with E-state index < -0.39 is 0 Å². The molecule has 2 amide bonds. The number of para-hydroxylation sites is 1. The second-order valence-corrected chi connectivity index (χ2v) is 4.41. The molecule has 3 nitrogen and oxygen atoms in total. The van der Waals surface area contributed by atoms with Gasteiger partial charge in [0.25, 0.3) is 0 Å². The van der Waals surface area contributed by atoms with Crippen LogP contribution < -0.4 is 10.2 Å². The van der Waals surface area contributed by atoms with Crippen LogP contribution in [0.5, 0.6) is 0 Å². The Bertz CT molecular complexity index is 462. The number of carbonyl (C=O) groups is 1. The summed E-state index contributed by atoms with van der Waals surface area (Å²) in [7, 11) is 0. The zero-order valence-corrected chi connectivity index (χ0v) is 9.94. The molecule has 0 saturated carbocycles. The van der Waals surface area contributed by atoms with Crippen LogP contribution in [0.25, 0.3) is 0 Å². The number of rotatable bonds is 1. The molecule has 17 heavy (non-hydrogen) atoms. The molecule has 0 fully saturated rings. The van der Waals surface area contributed by atoms with Gasteiger partial charge in [-0.1, -0.05) is 31.0 Å². The number of anilines is 1. The molecule has 1 aliphatic rings. The molecule has 1 N–H and O–H groups in total. The second kappa shape index (κ2) is 4.92. The van der Waals surface area contributed by atoms with Gasteiger partial charge in [0.1, 0.15) is 0 Å². The van der Waals surface area contributed by atoms with E-state index in [2.05, 4.69) is 24.2 Å². The average molecular weight is 228 g/mol. The maximum Gasteiger partial charge on any atom is 0.322 e. The summed E-state index contributed by atoms with van der Waals surface area (Å²) in [5.74, 6) is 2.89. The van der Waals surface area contributed by atoms with E-state index >= 15 is 0 Å². The third-order valence-corrected chi connectivity index (χ3v) is 2.93. The number of nitrogens with one attached hydrogen (secondary N) is 1. The molecule has 0 radical (unpaired) electrons. The molecule has 1 atom stereocenters. The summed E-state index contributed by atoms with van der Waals surface area (Å²) >= 11 is 0. The SMILES string of the molecule is C#CCNC(=O)N1C[C@H](C)Cc2ccccc21. The number of nitrogens with zero attached hydrogens (tertiary/aromatic N) is 1. The van der Waals surface area contributed by atoms with Crippen LogP contribution in [-0.4, -0.2) is 19.1 Å². The van der Waals surface area contributed by atoms with Crippen molar-refractivity contribution in [3.8, 4) is 12.3 Å². The van der Waals surface area contributed by atoms with Crippen molar-refractivity contribution < 1.29 is 4.79 Å². The van der Waals surface area contributed by atoms with Gasteiger partial charge in [-0.2, -0.15) is 0 Å². The lowest BCUT2D eigenvalue weighted by atomic mass is 9.94. The molecule has 0 unspecified atom stereocenters. The highest BCUT2D eigenvalue weighted by atomic mass is 16.2. The fourth-order valence-corrected chi connectivity index (χ4v) is 2.21. The minimum atomic E-state index is -0.109. The van der Waals surface area contributed by atoms with E-state index in [1.165, 1.54) is 5.56 Å². The summed E-state index contributed by atoms with van der Waals surface area (Å²) in [6, 6.07) is 7.91. The van der Waals surface area contributed by atoms with Gasteiger partial charge in [-0.15, -0.1) is 6.42 Å². The quantitative estimate of drug-likeness (QED) is 0.733. The van der Waals surface area contributed by atoms with Crippen LogP contribution in [-0.2, 0) is 6.42 Å². The van der Waals surface area contributed by atoms with Gasteiger partial charge in [0.05, 0.1) is 6.54 Å². The standard InChI is InChI=1S/C14H16N2O/c1-3-8-15-14(17)16-10-11(2)9-12-6-4-5-7-13(12)16/h1,4-7,11H,8-10H2,2H3,(H,15,17)/t11-/m1/s1. The van der Waals surface area contributed by atoms with Crippen molar-refractivity contribution in [2.75, 3.05) is 18.0 Å². The predicted octanol–water partition coefficient (Wildman–Crippen LogP) is 2.03. The van der Waals surface area contributed by atoms with Gasteiger partial charge < -0.3 is 5.32 Å². The smallest absolute Gasteiger partial charge is 0.322 e. The highest BCUT2D eigenvalue weighted by Gasteiger charge is 2.25. The summed E-state index contributed by atoms with van der Waals surface area (Å²) in [6.07, 6.45) is 6.17. The molecule has 0 spiro atoms. The molecule has 1 aliphatic heterocycles. The van der Waals surface area contributed by atoms with Crippen molar-refractivity contribution in [3.63, 3.8) is 0 Å². The lowest BCUT2D eigenvalue weighted by Gasteiger charge is -2.32. The Kier molecular flexibility index (Phi) is 3.34. The zero-order chi connectivity index (χ0) is 12.3. The molecule has 3 heteroatoms. The topological polar surface area (TPSA) is 32.3 Å². The van der Waals surface area contributed by atoms with Gasteiger partial charge in [-0.3, -0.25) is 4.90 Å². The first-order chi connectivity index (χ1) is 8.22. The first-order valence-electron chi connectivity index (χ1n) is 5.79. The Morgan fingerprint density at radius 1 is 1.59 bits per heavy atom. The number of hydrogen-bond donors (Lipinski definition) is 1. The van der Waals surface area contributed by atoms with Gasteiger partial charge in [-0.25, -0.2) is 4.79 Å². The molecular weight excluding hydrogens is 212 g/mol. The molecular formula is C14H16N2O. The highest BCUT2D eigenvalue weighted by molar-refractivity contribution is 5.93. The van der Waals surface area contributed by atoms with E-state index in [1.807, 2.05) is 18.2 Å². The largest absolute Gasteiger partial charge is 0.327 e. The molecule has 1 heterocycles. The van der Waals surface area contributed by atoms with Crippen LogP contribution in [0.2, 0.25) is 0 Å². The van der Waals surface area contributed by atoms with E-state index in [1.54, 1.807) is 4.90 Å². The van der Waals surface area contributed by atoms with Crippen LogP contribution in [0, 0.1) is 18.3 Å². The summed E-state index contributed by atoms with van der Waals surface area (Å²) in [6.45, 7) is 3.16. The third-order valence-electron chi connectivity index (χ3n) is 2.93. The molecule has 0 bridgehead atoms. The Balaban J connectivity index is 2.24. The maximum atomic E-state index is 12.0. The predicted molar refractivity (Wildman–Crippen MR) is 68.9 cm³/mol. The summed E-state index contributed by atoms with van der Waals surface area (Å²) in [5, 5.41) is 2.71. The van der Waals surface area contributed by atoms with Crippen LogP contribution >= 0.6 is 0 Å². The van der Waals surface area contributed by atoms with Gasteiger partial charge in [0.15, 0.2) is 0 Å². The molecule has 1 aromatic carbocycles. The monoisotopic (exact) mass is 228 g/mol. The van der Waals surface area contributed by atoms with Gasteiger partial charge in [-0.05, 0) is 24.0 Å². The van der Waals surface area contributed by atoms with Crippen molar-refractivity contribution in [1.29, 1.82) is 0 Å². The van der Waals surface area contributed by atoms with E-state index in [-0.39, 0.29) is 12.6 Å². The Morgan fingerprint density at radius 2 is 2.35 bits per heavy atom. The number of benzene rings is 1. The van der Waals surface area contributed by atoms with E-state index in [0.717, 1.165) is 18.7 Å². The minimum Gasteiger partial charge on any atom is -0.327 e. The van der Waals surface area contributed by atoms with Crippen molar-refractivity contribution in [2.24, 2.45) is 5.92 Å². The van der Waals surface area contributed by atoms with E-state index in [9.17, 15) is 4.79 Å². The number of terminal acetylenes is 1. The van der Waals surface area contributed by atoms with Crippen molar-refractivity contribution in [2.45, 2.75) is 13.3 Å². The van der Waals surface area contributed by atoms with Crippen molar-refractivity contribution in [1.82, 2.24) is 5.32 Å². The van der Waals surface area contributed by atoms with Crippen LogP contribution in [0.4, 0.5) is 10.5 Å². The molecule has 0 saturated heterocycles. The van der Waals surface area contributed by atoms with E-state index in [4.69, 9.17) is 6.42 Å². The number of fused-ring (bicyclic) bond motifs is 1. The Hall–Kier alpha value is -1.95. The number of amides is 2. The highest BCUT2D eigenvalue weighted by Crippen LogP contribution is 2.29. The zero-order valence-electron chi connectivity index (χ0n) is 9.94. The Morgan fingerprint density at radius 3 is 3.12 bits per heavy atom. The molecule has 2 rings (SSSR count). The maximum absolute atomic E-state index is 12.0. The Labute approximate surface area is 102 Å². The van der Waals surface area contributed by atoms with Crippen LogP contribution in [0.15, 0.2) is 24.3 Å². The third kappa shape index (κ3) is 2.42. The number of carbonyl (C=O) groups excluding carboxylic acids is 1. The van der Waals surface area contributed by atoms with E-state index in [0.29, 0.717) is 5.92 Å². The normalized spacial score (nSPS) is 18.1. The van der Waals surface area contributed by atoms with Gasteiger partial charge >= 0.3 is 6.03 Å². The minimum absolute atomic E-state index is 0.109. The summed E-state index contributed by atoms with van der Waals surface area (Å²) < 4.78 is 0. The lowest BCUT2D eigenvalue weighted by Crippen LogP contribution is -2.45. The molecule has 88 valence electrons. The first-order valence-corrected chi connectivity index (χ1v) is 5.79. The fourth-order valence-electron chi connectivity index (χ4n) is 2.21. The number of hydrogen-bond acceptors (Lipinski definition) is 1. The van der Waals surface area contributed by atoms with Crippen molar-refractivity contribution in [3.05, 3.63) is 29.8 Å². The number of urea groups is 1. The summed E-state index contributed by atoms with van der Waals surface area (Å²) in [5.41, 5.74) is 2.22. The summed E-state index contributed by atoms with van der Waals surface area (Å²) in [4.78, 5) is 13.8. The average Bonchev–Trinajstić information content (AvgIpc) is 2.34. The lowest BCUT2D eigenvalue weighted by molar-refractivity contribution is 0.245. The first kappa shape index (κ1) is 11.5. The second-order valence-electron chi connectivity index (χ2n) is 4.41. The fraction of sp³-hybridized carbons (Fsp3) is 0.357. The van der Waals surface area contributed by atoms with Crippen LogP contribution in [0.1, 0.15) is 12.5 Å². The van der Waals surface area contributed by atoms with Gasteiger partial charge in [0, 0.05) is 12.2 Å². The van der Waals surface area contributed by atoms with Crippen LogP contribution in [0.3, 0.4) is 0 Å². The van der Waals surface area contributed by atoms with Gasteiger partial charge in [0.2, 0.25) is 0 Å². The molecule has 1 aromatic rings. The molecule has 0 aromatic heterocycles. The molecule has 0 aliphatic carbocycles. The van der Waals surface area contributed by atoms with Crippen molar-refractivity contribution >= 4 is 11.7 Å².